The predicted molar refractivity (Wildman–Crippen MR) is 98.6 cm³/mol. The number of aromatic nitrogens is 1. The van der Waals surface area contributed by atoms with Gasteiger partial charge in [-0.2, -0.15) is 0 Å². The first-order chi connectivity index (χ1) is 11.8. The fourth-order valence-electron chi connectivity index (χ4n) is 3.60. The van der Waals surface area contributed by atoms with Crippen LogP contribution in [0.1, 0.15) is 18.0 Å². The van der Waals surface area contributed by atoms with Gasteiger partial charge in [0.2, 0.25) is 0 Å². The lowest BCUT2D eigenvalue weighted by atomic mass is 9.98. The summed E-state index contributed by atoms with van der Waals surface area (Å²) in [6, 6.07) is 12.7. The lowest BCUT2D eigenvalue weighted by molar-refractivity contribution is 0.584. The summed E-state index contributed by atoms with van der Waals surface area (Å²) in [5.41, 5.74) is 4.67. The number of allylic oxidation sites excluding steroid dienone is 1. The van der Waals surface area contributed by atoms with E-state index in [2.05, 4.69) is 63.9 Å². The summed E-state index contributed by atoms with van der Waals surface area (Å²) in [4.78, 5) is 9.35. The van der Waals surface area contributed by atoms with Gasteiger partial charge in [-0.05, 0) is 37.9 Å². The summed E-state index contributed by atoms with van der Waals surface area (Å²) in [5.74, 6) is 0.392. The summed E-state index contributed by atoms with van der Waals surface area (Å²) >= 11 is 0. The highest BCUT2D eigenvalue weighted by Gasteiger charge is 2.34. The Hall–Kier alpha value is -2.53. The Bertz CT molecular complexity index is 743. The Morgan fingerprint density at radius 1 is 1.21 bits per heavy atom. The van der Waals surface area contributed by atoms with Crippen molar-refractivity contribution in [1.82, 2.24) is 15.6 Å². The van der Waals surface area contributed by atoms with Gasteiger partial charge in [0, 0.05) is 30.9 Å². The molecule has 5 heteroatoms. The van der Waals surface area contributed by atoms with Crippen LogP contribution in [-0.4, -0.2) is 31.9 Å². The Morgan fingerprint density at radius 3 is 2.75 bits per heavy atom. The molecule has 1 aromatic carbocycles. The molecule has 3 heterocycles. The van der Waals surface area contributed by atoms with E-state index >= 15 is 0 Å². The number of nitrogens with one attached hydrogen (secondary N) is 2. The molecule has 0 fully saturated rings. The zero-order valence-electron chi connectivity index (χ0n) is 14.1. The number of hydrogen-bond donors (Lipinski definition) is 2. The summed E-state index contributed by atoms with van der Waals surface area (Å²) in [6.45, 7) is 1.01. The summed E-state index contributed by atoms with van der Waals surface area (Å²) in [7, 11) is 4.12. The number of rotatable bonds is 3. The van der Waals surface area contributed by atoms with Crippen LogP contribution >= 0.6 is 0 Å². The second-order valence-electron chi connectivity index (χ2n) is 6.29. The van der Waals surface area contributed by atoms with E-state index in [0.29, 0.717) is 5.92 Å². The normalized spacial score (nSPS) is 22.4. The van der Waals surface area contributed by atoms with Crippen molar-refractivity contribution in [3.05, 3.63) is 60.6 Å². The highest BCUT2D eigenvalue weighted by molar-refractivity contribution is 5.83. The van der Waals surface area contributed by atoms with Crippen molar-refractivity contribution < 1.29 is 0 Å². The van der Waals surface area contributed by atoms with Crippen LogP contribution in [0.2, 0.25) is 0 Å². The molecule has 0 amide bonds. The van der Waals surface area contributed by atoms with E-state index in [-0.39, 0.29) is 6.29 Å². The molecule has 0 radical (unpaired) electrons. The van der Waals surface area contributed by atoms with E-state index in [9.17, 15) is 0 Å². The number of nitrogens with zero attached hydrogens (tertiary/aromatic N) is 3. The van der Waals surface area contributed by atoms with E-state index in [1.165, 1.54) is 11.4 Å². The number of pyridine rings is 1. The van der Waals surface area contributed by atoms with Crippen molar-refractivity contribution in [2.75, 3.05) is 30.4 Å². The van der Waals surface area contributed by atoms with Gasteiger partial charge in [0.1, 0.15) is 0 Å². The van der Waals surface area contributed by atoms with Crippen molar-refractivity contribution in [3.8, 4) is 0 Å². The molecular weight excluding hydrogens is 298 g/mol. The Labute approximate surface area is 143 Å². The average molecular weight is 321 g/mol. The maximum atomic E-state index is 4.78. The fourth-order valence-corrected chi connectivity index (χ4v) is 3.60. The number of anilines is 3. The minimum absolute atomic E-state index is 0.0861. The van der Waals surface area contributed by atoms with Crippen molar-refractivity contribution in [1.29, 1.82) is 0 Å². The molecule has 24 heavy (non-hydrogen) atoms. The smallest absolute Gasteiger partial charge is 0.161 e. The van der Waals surface area contributed by atoms with Gasteiger partial charge in [0.05, 0.1) is 17.6 Å². The highest BCUT2D eigenvalue weighted by Crippen LogP contribution is 2.43. The van der Waals surface area contributed by atoms with Crippen LogP contribution in [0.15, 0.2) is 54.9 Å². The van der Waals surface area contributed by atoms with Crippen LogP contribution < -0.4 is 20.4 Å². The number of para-hydroxylation sites is 1. The first-order valence-corrected chi connectivity index (χ1v) is 8.44. The van der Waals surface area contributed by atoms with Gasteiger partial charge in [0.15, 0.2) is 6.29 Å². The third-order valence-corrected chi connectivity index (χ3v) is 4.85. The molecule has 2 unspecified atom stereocenters. The number of benzene rings is 1. The molecule has 0 saturated heterocycles. The lowest BCUT2D eigenvalue weighted by Gasteiger charge is -2.30. The molecular formula is C19H23N5. The van der Waals surface area contributed by atoms with E-state index < -0.39 is 0 Å². The summed E-state index contributed by atoms with van der Waals surface area (Å²) in [5, 5.41) is 6.66. The largest absolute Gasteiger partial charge is 0.391 e. The molecule has 2 aliphatic heterocycles. The quantitative estimate of drug-likeness (QED) is 0.910. The van der Waals surface area contributed by atoms with Crippen LogP contribution in [0.3, 0.4) is 0 Å². The maximum Gasteiger partial charge on any atom is 0.161 e. The molecule has 4 rings (SSSR count). The van der Waals surface area contributed by atoms with Crippen molar-refractivity contribution in [2.45, 2.75) is 18.6 Å². The van der Waals surface area contributed by atoms with Crippen molar-refractivity contribution in [2.24, 2.45) is 0 Å². The van der Waals surface area contributed by atoms with Crippen LogP contribution in [0.4, 0.5) is 17.1 Å². The minimum atomic E-state index is 0.0861. The third-order valence-electron chi connectivity index (χ3n) is 4.85. The van der Waals surface area contributed by atoms with Gasteiger partial charge in [-0.1, -0.05) is 24.3 Å². The SMILES string of the molecule is CNC1N(C)c2cc(C3C=CNCC3)ncc2N1c1ccccc1. The fraction of sp³-hybridized carbons (Fsp3) is 0.316. The second-order valence-corrected chi connectivity index (χ2v) is 6.29. The van der Waals surface area contributed by atoms with Gasteiger partial charge < -0.3 is 15.1 Å². The first kappa shape index (κ1) is 15.0. The van der Waals surface area contributed by atoms with Crippen LogP contribution in [0.5, 0.6) is 0 Å². The van der Waals surface area contributed by atoms with Crippen LogP contribution in [0.25, 0.3) is 0 Å². The molecule has 0 spiro atoms. The molecule has 0 bridgehead atoms. The molecule has 2 N–H and O–H groups in total. The highest BCUT2D eigenvalue weighted by atomic mass is 15.5. The molecule has 2 aromatic rings. The lowest BCUT2D eigenvalue weighted by Crippen LogP contribution is -2.48. The van der Waals surface area contributed by atoms with E-state index in [1.54, 1.807) is 0 Å². The maximum absolute atomic E-state index is 4.78. The van der Waals surface area contributed by atoms with E-state index in [0.717, 1.165) is 24.3 Å². The average Bonchev–Trinajstić information content (AvgIpc) is 2.94. The van der Waals surface area contributed by atoms with Gasteiger partial charge >= 0.3 is 0 Å². The Balaban J connectivity index is 1.76. The molecule has 2 atom stereocenters. The second kappa shape index (κ2) is 6.17. The van der Waals surface area contributed by atoms with Crippen molar-refractivity contribution >= 4 is 17.1 Å². The first-order valence-electron chi connectivity index (χ1n) is 8.44. The van der Waals surface area contributed by atoms with Gasteiger partial charge in [-0.3, -0.25) is 10.3 Å². The van der Waals surface area contributed by atoms with Crippen LogP contribution in [-0.2, 0) is 0 Å². The Morgan fingerprint density at radius 2 is 2.04 bits per heavy atom. The standard InChI is InChI=1S/C19H23N5/c1-20-19-23(2)17-12-16(14-8-10-21-11-9-14)22-13-18(17)24(19)15-6-4-3-5-7-15/h3-8,10,12-14,19-21H,9,11H2,1-2H3. The molecule has 0 aliphatic carbocycles. The molecule has 1 aromatic heterocycles. The molecule has 124 valence electrons. The van der Waals surface area contributed by atoms with Gasteiger partial charge in [-0.25, -0.2) is 0 Å². The molecule has 2 aliphatic rings. The topological polar surface area (TPSA) is 43.4 Å². The Kier molecular flexibility index (Phi) is 3.86. The third kappa shape index (κ3) is 2.41. The molecule has 5 nitrogen and oxygen atoms in total. The molecule has 0 saturated carbocycles. The van der Waals surface area contributed by atoms with Gasteiger partial charge in [-0.15, -0.1) is 0 Å². The predicted octanol–water partition coefficient (Wildman–Crippen LogP) is 2.76. The summed E-state index contributed by atoms with van der Waals surface area (Å²) < 4.78 is 0. The van der Waals surface area contributed by atoms with Crippen molar-refractivity contribution in [3.63, 3.8) is 0 Å². The van der Waals surface area contributed by atoms with E-state index in [1.807, 2.05) is 25.5 Å². The zero-order chi connectivity index (χ0) is 16.5. The number of hydrogen-bond acceptors (Lipinski definition) is 5. The monoisotopic (exact) mass is 321 g/mol. The number of fused-ring (bicyclic) bond motifs is 1. The minimum Gasteiger partial charge on any atom is -0.391 e. The van der Waals surface area contributed by atoms with Crippen LogP contribution in [0, 0.1) is 0 Å². The van der Waals surface area contributed by atoms with Gasteiger partial charge in [0.25, 0.3) is 0 Å². The summed E-state index contributed by atoms with van der Waals surface area (Å²) in [6.07, 6.45) is 7.44. The van der Waals surface area contributed by atoms with E-state index in [4.69, 9.17) is 4.98 Å². The zero-order valence-corrected chi connectivity index (χ0v) is 14.1.